The van der Waals surface area contributed by atoms with Gasteiger partial charge in [-0.2, -0.15) is 0 Å². The summed E-state index contributed by atoms with van der Waals surface area (Å²) in [6.45, 7) is 1.88. The number of hydrogen-bond acceptors (Lipinski definition) is 2. The molecule has 0 atom stereocenters. The van der Waals surface area contributed by atoms with E-state index in [2.05, 4.69) is 16.6 Å². The molecule has 60 valence electrons. The van der Waals surface area contributed by atoms with Crippen LogP contribution in [0.25, 0.3) is 0 Å². The van der Waals surface area contributed by atoms with E-state index in [4.69, 9.17) is 0 Å². The number of aldehydes is 1. The van der Waals surface area contributed by atoms with Crippen LogP contribution in [0.1, 0.15) is 16.1 Å². The number of carbonyl (C=O) groups excluding carboxylic acids is 1. The van der Waals surface area contributed by atoms with Gasteiger partial charge in [0.15, 0.2) is 6.29 Å². The molecule has 0 amide bonds. The minimum Gasteiger partial charge on any atom is -0.298 e. The number of halogens is 1. The molecule has 1 heterocycles. The highest BCUT2D eigenvalue weighted by molar-refractivity contribution is 6.15. The van der Waals surface area contributed by atoms with Gasteiger partial charge in [-0.05, 0) is 19.1 Å². The molecule has 3 heteroatoms. The molecule has 2 nitrogen and oxygen atoms in total. The molecule has 0 spiro atoms. The van der Waals surface area contributed by atoms with E-state index in [1.54, 1.807) is 12.3 Å². The first-order chi connectivity index (χ1) is 5.33. The van der Waals surface area contributed by atoms with Gasteiger partial charge in [0.05, 0.1) is 0 Å². The summed E-state index contributed by atoms with van der Waals surface area (Å²) >= 11 is 4.64. The van der Waals surface area contributed by atoms with Gasteiger partial charge in [-0.25, -0.2) is 0 Å². The van der Waals surface area contributed by atoms with Crippen LogP contribution < -0.4 is 0 Å². The molecule has 0 aliphatic carbocycles. The zero-order valence-electron chi connectivity index (χ0n) is 6.54. The Labute approximate surface area is 71.2 Å². The molecule has 0 aromatic carbocycles. The highest BCUT2D eigenvalue weighted by Gasteiger charge is 1.86. The normalized spacial score (nSPS) is 7.91. The van der Waals surface area contributed by atoms with Gasteiger partial charge in [-0.15, -0.1) is 11.6 Å². The van der Waals surface area contributed by atoms with Gasteiger partial charge in [0, 0.05) is 23.8 Å². The minimum absolute atomic E-state index is 0.626. The topological polar surface area (TPSA) is 30.0 Å². The molecule has 0 unspecified atom stereocenters. The van der Waals surface area contributed by atoms with Crippen LogP contribution in [0, 0.1) is 6.92 Å². The molecule has 11 heavy (non-hydrogen) atoms. The van der Waals surface area contributed by atoms with Crippen LogP contribution in [0.2, 0.25) is 0 Å². The van der Waals surface area contributed by atoms with Gasteiger partial charge in [-0.1, -0.05) is 0 Å². The number of rotatable bonds is 1. The van der Waals surface area contributed by atoms with Crippen LogP contribution in [0.15, 0.2) is 18.3 Å². The summed E-state index contributed by atoms with van der Waals surface area (Å²) in [5, 5.41) is 0. The summed E-state index contributed by atoms with van der Waals surface area (Å²) in [7, 11) is 0. The third-order valence-corrected chi connectivity index (χ3v) is 1.07. The molecule has 0 aliphatic rings. The lowest BCUT2D eigenvalue weighted by Crippen LogP contribution is -1.82. The quantitative estimate of drug-likeness (QED) is 0.478. The number of hydrogen-bond donors (Lipinski definition) is 0. The maximum atomic E-state index is 10.1. The lowest BCUT2D eigenvalue weighted by molar-refractivity contribution is 0.112. The first-order valence-electron chi connectivity index (χ1n) is 3.08. The van der Waals surface area contributed by atoms with Crippen molar-refractivity contribution in [2.45, 2.75) is 6.92 Å². The summed E-state index contributed by atoms with van der Waals surface area (Å²) in [6, 6.07) is 3.55. The Morgan fingerprint density at radius 1 is 1.45 bits per heavy atom. The van der Waals surface area contributed by atoms with Crippen molar-refractivity contribution in [3.05, 3.63) is 29.6 Å². The van der Waals surface area contributed by atoms with Gasteiger partial charge >= 0.3 is 0 Å². The van der Waals surface area contributed by atoms with E-state index in [1.165, 1.54) is 6.38 Å². The number of pyridine rings is 1. The smallest absolute Gasteiger partial charge is 0.151 e. The van der Waals surface area contributed by atoms with Crippen molar-refractivity contribution < 1.29 is 4.79 Å². The summed E-state index contributed by atoms with van der Waals surface area (Å²) in [6.07, 6.45) is 3.81. The fraction of sp³-hybridized carbons (Fsp3) is 0.250. The SMILES string of the molecule is CCl.Cc1ccc(C=O)cn1. The second-order valence-corrected chi connectivity index (χ2v) is 1.85. The standard InChI is InChI=1S/C7H7NO.CH3Cl/c1-6-2-3-7(5-9)4-8-6;1-2/h2-5H,1H3;1H3. The van der Waals surface area contributed by atoms with E-state index in [9.17, 15) is 4.79 Å². The number of aromatic nitrogens is 1. The zero-order valence-corrected chi connectivity index (χ0v) is 7.30. The second-order valence-electron chi connectivity index (χ2n) is 1.85. The van der Waals surface area contributed by atoms with Crippen molar-refractivity contribution in [1.82, 2.24) is 4.98 Å². The van der Waals surface area contributed by atoms with Crippen LogP contribution in [0.5, 0.6) is 0 Å². The van der Waals surface area contributed by atoms with E-state index < -0.39 is 0 Å². The third-order valence-electron chi connectivity index (χ3n) is 1.07. The Morgan fingerprint density at radius 2 is 2.09 bits per heavy atom. The summed E-state index contributed by atoms with van der Waals surface area (Å²) in [5.74, 6) is 0. The van der Waals surface area contributed by atoms with E-state index >= 15 is 0 Å². The predicted molar refractivity (Wildman–Crippen MR) is 46.1 cm³/mol. The summed E-state index contributed by atoms with van der Waals surface area (Å²) in [5.41, 5.74) is 1.56. The van der Waals surface area contributed by atoms with E-state index in [1.807, 2.05) is 13.0 Å². The zero-order chi connectivity index (χ0) is 8.69. The lowest BCUT2D eigenvalue weighted by Gasteiger charge is -1.88. The molecule has 1 rings (SSSR count). The van der Waals surface area contributed by atoms with Crippen molar-refractivity contribution in [3.63, 3.8) is 0 Å². The van der Waals surface area contributed by atoms with Crippen molar-refractivity contribution in [2.24, 2.45) is 0 Å². The van der Waals surface area contributed by atoms with Gasteiger partial charge in [0.25, 0.3) is 0 Å². The fourth-order valence-corrected chi connectivity index (χ4v) is 0.549. The van der Waals surface area contributed by atoms with Gasteiger partial charge in [0.1, 0.15) is 0 Å². The largest absolute Gasteiger partial charge is 0.298 e. The maximum Gasteiger partial charge on any atom is 0.151 e. The molecule has 0 radical (unpaired) electrons. The van der Waals surface area contributed by atoms with Crippen LogP contribution in [-0.2, 0) is 0 Å². The highest BCUT2D eigenvalue weighted by atomic mass is 35.5. The average Bonchev–Trinajstić information content (AvgIpc) is 2.10. The van der Waals surface area contributed by atoms with Crippen LogP contribution in [0.3, 0.4) is 0 Å². The van der Waals surface area contributed by atoms with E-state index in [0.29, 0.717) is 5.56 Å². The maximum absolute atomic E-state index is 10.1. The van der Waals surface area contributed by atoms with Gasteiger partial charge < -0.3 is 0 Å². The van der Waals surface area contributed by atoms with Crippen LogP contribution >= 0.6 is 11.6 Å². The number of aryl methyl sites for hydroxylation is 1. The molecule has 0 bridgehead atoms. The van der Waals surface area contributed by atoms with E-state index in [0.717, 1.165) is 12.0 Å². The van der Waals surface area contributed by atoms with Crippen molar-refractivity contribution in [1.29, 1.82) is 0 Å². The van der Waals surface area contributed by atoms with Crippen LogP contribution in [0.4, 0.5) is 0 Å². The summed E-state index contributed by atoms with van der Waals surface area (Å²) < 4.78 is 0. The molecular weight excluding hydrogens is 162 g/mol. The molecule has 0 saturated heterocycles. The molecule has 0 fully saturated rings. The molecular formula is C8H10ClNO. The third kappa shape index (κ3) is 3.73. The first kappa shape index (κ1) is 10.1. The monoisotopic (exact) mass is 171 g/mol. The van der Waals surface area contributed by atoms with Gasteiger partial charge in [-0.3, -0.25) is 9.78 Å². The Morgan fingerprint density at radius 3 is 2.45 bits per heavy atom. The number of alkyl halides is 1. The predicted octanol–water partition coefficient (Wildman–Crippen LogP) is 2.06. The molecule has 1 aromatic rings. The Hall–Kier alpha value is -0.890. The molecule has 1 aromatic heterocycles. The second kappa shape index (κ2) is 5.86. The number of nitrogens with zero attached hydrogens (tertiary/aromatic N) is 1. The summed E-state index contributed by atoms with van der Waals surface area (Å²) in [4.78, 5) is 14.0. The van der Waals surface area contributed by atoms with E-state index in [-0.39, 0.29) is 0 Å². The average molecular weight is 172 g/mol. The number of carbonyl (C=O) groups is 1. The van der Waals surface area contributed by atoms with Crippen molar-refractivity contribution in [3.8, 4) is 0 Å². The molecule has 0 saturated carbocycles. The highest BCUT2D eigenvalue weighted by Crippen LogP contribution is 1.94. The van der Waals surface area contributed by atoms with Crippen LogP contribution in [-0.4, -0.2) is 17.7 Å². The first-order valence-corrected chi connectivity index (χ1v) is 3.84. The van der Waals surface area contributed by atoms with Gasteiger partial charge in [0.2, 0.25) is 0 Å². The Kier molecular flexibility index (Phi) is 5.39. The fourth-order valence-electron chi connectivity index (χ4n) is 0.549. The Bertz CT molecular complexity index is 208. The van der Waals surface area contributed by atoms with Crippen molar-refractivity contribution in [2.75, 3.05) is 6.38 Å². The molecule has 0 aliphatic heterocycles. The Balaban J connectivity index is 0.000000461. The minimum atomic E-state index is 0.626. The molecule has 0 N–H and O–H groups in total. The van der Waals surface area contributed by atoms with Crippen molar-refractivity contribution >= 4 is 17.9 Å². The lowest BCUT2D eigenvalue weighted by atomic mass is 10.3.